The van der Waals surface area contributed by atoms with Crippen molar-refractivity contribution in [3.63, 3.8) is 0 Å². The van der Waals surface area contributed by atoms with Crippen LogP contribution < -0.4 is 0 Å². The molecule has 0 bridgehead atoms. The Kier molecular flexibility index (Phi) is 5.14. The minimum Gasteiger partial charge on any atom is -0.392 e. The summed E-state index contributed by atoms with van der Waals surface area (Å²) in [5, 5.41) is 19.5. The number of halogens is 1. The van der Waals surface area contributed by atoms with E-state index in [1.54, 1.807) is 0 Å². The van der Waals surface area contributed by atoms with Crippen molar-refractivity contribution >= 4 is 15.9 Å². The van der Waals surface area contributed by atoms with Gasteiger partial charge >= 0.3 is 0 Å². The summed E-state index contributed by atoms with van der Waals surface area (Å²) in [6.45, 7) is 0.0448. The molecule has 19 heavy (non-hydrogen) atoms. The molecule has 0 saturated heterocycles. The fourth-order valence-corrected chi connectivity index (χ4v) is 2.55. The van der Waals surface area contributed by atoms with E-state index in [2.05, 4.69) is 15.9 Å². The molecule has 0 unspecified atom stereocenters. The Hall–Kier alpha value is -1.16. The molecule has 0 aliphatic rings. The van der Waals surface area contributed by atoms with Gasteiger partial charge < -0.3 is 10.2 Å². The van der Waals surface area contributed by atoms with Crippen molar-refractivity contribution in [3.05, 3.63) is 69.7 Å². The van der Waals surface area contributed by atoms with Crippen molar-refractivity contribution in [1.29, 1.82) is 0 Å². The van der Waals surface area contributed by atoms with E-state index in [4.69, 9.17) is 0 Å². The van der Waals surface area contributed by atoms with Gasteiger partial charge in [-0.3, -0.25) is 0 Å². The number of rotatable bonds is 5. The Morgan fingerprint density at radius 1 is 1.00 bits per heavy atom. The highest BCUT2D eigenvalue weighted by Gasteiger charge is 2.09. The number of aliphatic hydroxyl groups excluding tert-OH is 2. The van der Waals surface area contributed by atoms with E-state index in [0.717, 1.165) is 27.6 Å². The standard InChI is InChI=1S/C16H17BrO2/c17-15-7-3-6-13(10-15)16(19)9-8-12-4-1-2-5-14(12)11-18/h1-7,10,16,18-19H,8-9,11H2/t16-/m0/s1. The second kappa shape index (κ2) is 6.85. The van der Waals surface area contributed by atoms with Gasteiger partial charge in [0.05, 0.1) is 12.7 Å². The van der Waals surface area contributed by atoms with Crippen LogP contribution in [0.1, 0.15) is 29.2 Å². The van der Waals surface area contributed by atoms with E-state index in [0.29, 0.717) is 6.42 Å². The zero-order chi connectivity index (χ0) is 13.7. The summed E-state index contributed by atoms with van der Waals surface area (Å²) < 4.78 is 0.972. The van der Waals surface area contributed by atoms with E-state index < -0.39 is 6.10 Å². The molecule has 1 atom stereocenters. The van der Waals surface area contributed by atoms with Crippen molar-refractivity contribution in [1.82, 2.24) is 0 Å². The van der Waals surface area contributed by atoms with Gasteiger partial charge in [-0.25, -0.2) is 0 Å². The largest absolute Gasteiger partial charge is 0.392 e. The van der Waals surface area contributed by atoms with Gasteiger partial charge in [-0.05, 0) is 41.7 Å². The molecule has 100 valence electrons. The molecule has 0 saturated carbocycles. The van der Waals surface area contributed by atoms with Crippen LogP contribution in [0, 0.1) is 0 Å². The second-order valence-electron chi connectivity index (χ2n) is 4.54. The Labute approximate surface area is 121 Å². The van der Waals surface area contributed by atoms with Crippen LogP contribution in [0.3, 0.4) is 0 Å². The number of aliphatic hydroxyl groups is 2. The van der Waals surface area contributed by atoms with Crippen molar-refractivity contribution in [2.45, 2.75) is 25.6 Å². The Morgan fingerprint density at radius 3 is 2.42 bits per heavy atom. The molecule has 0 spiro atoms. The van der Waals surface area contributed by atoms with Gasteiger partial charge in [0.2, 0.25) is 0 Å². The number of hydrogen-bond acceptors (Lipinski definition) is 2. The SMILES string of the molecule is OCc1ccccc1CC[C@H](O)c1cccc(Br)c1. The van der Waals surface area contributed by atoms with Gasteiger partial charge in [0.1, 0.15) is 0 Å². The Morgan fingerprint density at radius 2 is 1.74 bits per heavy atom. The number of aryl methyl sites for hydroxylation is 1. The summed E-state index contributed by atoms with van der Waals surface area (Å²) in [6, 6.07) is 15.5. The fraction of sp³-hybridized carbons (Fsp3) is 0.250. The molecular formula is C16H17BrO2. The molecule has 2 N–H and O–H groups in total. The third-order valence-corrected chi connectivity index (χ3v) is 3.70. The lowest BCUT2D eigenvalue weighted by molar-refractivity contribution is 0.167. The minimum atomic E-state index is -0.482. The summed E-state index contributed by atoms with van der Waals surface area (Å²) >= 11 is 3.41. The first-order chi connectivity index (χ1) is 9.20. The molecular weight excluding hydrogens is 304 g/mol. The lowest BCUT2D eigenvalue weighted by Gasteiger charge is -2.13. The second-order valence-corrected chi connectivity index (χ2v) is 5.45. The maximum absolute atomic E-state index is 10.2. The molecule has 2 aromatic rings. The van der Waals surface area contributed by atoms with E-state index in [-0.39, 0.29) is 6.61 Å². The van der Waals surface area contributed by atoms with Crippen LogP contribution >= 0.6 is 15.9 Å². The molecule has 0 amide bonds. The first-order valence-corrected chi connectivity index (χ1v) is 7.11. The topological polar surface area (TPSA) is 40.5 Å². The third kappa shape index (κ3) is 3.90. The van der Waals surface area contributed by atoms with E-state index in [9.17, 15) is 10.2 Å². The average Bonchev–Trinajstić information content (AvgIpc) is 2.45. The molecule has 3 heteroatoms. The highest BCUT2D eigenvalue weighted by atomic mass is 79.9. The minimum absolute atomic E-state index is 0.0448. The molecule has 0 aromatic heterocycles. The zero-order valence-corrected chi connectivity index (χ0v) is 12.2. The van der Waals surface area contributed by atoms with Crippen molar-refractivity contribution < 1.29 is 10.2 Å². The van der Waals surface area contributed by atoms with Gasteiger partial charge in [0.25, 0.3) is 0 Å². The monoisotopic (exact) mass is 320 g/mol. The lowest BCUT2D eigenvalue weighted by Crippen LogP contribution is -2.01. The normalized spacial score (nSPS) is 12.4. The van der Waals surface area contributed by atoms with Crippen LogP contribution in [-0.2, 0) is 13.0 Å². The maximum Gasteiger partial charge on any atom is 0.0793 e. The summed E-state index contributed by atoms with van der Waals surface area (Å²) in [7, 11) is 0. The summed E-state index contributed by atoms with van der Waals surface area (Å²) in [5.74, 6) is 0. The number of benzene rings is 2. The molecule has 2 aromatic carbocycles. The van der Waals surface area contributed by atoms with E-state index in [1.165, 1.54) is 0 Å². The lowest BCUT2D eigenvalue weighted by atomic mass is 9.98. The van der Waals surface area contributed by atoms with Crippen LogP contribution in [0.15, 0.2) is 53.0 Å². The third-order valence-electron chi connectivity index (χ3n) is 3.21. The van der Waals surface area contributed by atoms with Gasteiger partial charge in [0.15, 0.2) is 0 Å². The Balaban J connectivity index is 2.02. The first-order valence-electron chi connectivity index (χ1n) is 6.32. The fourth-order valence-electron chi connectivity index (χ4n) is 2.13. The molecule has 0 heterocycles. The molecule has 2 nitrogen and oxygen atoms in total. The Bertz CT molecular complexity index is 540. The molecule has 0 fully saturated rings. The number of hydrogen-bond donors (Lipinski definition) is 2. The van der Waals surface area contributed by atoms with Crippen LogP contribution in [-0.4, -0.2) is 10.2 Å². The molecule has 0 radical (unpaired) electrons. The van der Waals surface area contributed by atoms with Gasteiger partial charge in [-0.1, -0.05) is 52.3 Å². The average molecular weight is 321 g/mol. The van der Waals surface area contributed by atoms with Gasteiger partial charge in [-0.15, -0.1) is 0 Å². The quantitative estimate of drug-likeness (QED) is 0.883. The highest BCUT2D eigenvalue weighted by molar-refractivity contribution is 9.10. The van der Waals surface area contributed by atoms with Crippen LogP contribution in [0.5, 0.6) is 0 Å². The van der Waals surface area contributed by atoms with E-state index in [1.807, 2.05) is 48.5 Å². The molecule has 0 aliphatic heterocycles. The summed E-state index contributed by atoms with van der Waals surface area (Å²) in [5.41, 5.74) is 2.94. The van der Waals surface area contributed by atoms with Gasteiger partial charge in [-0.2, -0.15) is 0 Å². The molecule has 0 aliphatic carbocycles. The summed E-state index contributed by atoms with van der Waals surface area (Å²) in [4.78, 5) is 0. The predicted octanol–water partition coefficient (Wildman–Crippen LogP) is 3.61. The van der Waals surface area contributed by atoms with E-state index >= 15 is 0 Å². The van der Waals surface area contributed by atoms with Crippen LogP contribution in [0.25, 0.3) is 0 Å². The predicted molar refractivity (Wildman–Crippen MR) is 79.8 cm³/mol. The highest BCUT2D eigenvalue weighted by Crippen LogP contribution is 2.23. The van der Waals surface area contributed by atoms with Crippen LogP contribution in [0.2, 0.25) is 0 Å². The zero-order valence-electron chi connectivity index (χ0n) is 10.6. The van der Waals surface area contributed by atoms with Gasteiger partial charge in [0, 0.05) is 4.47 Å². The van der Waals surface area contributed by atoms with Crippen molar-refractivity contribution in [2.24, 2.45) is 0 Å². The van der Waals surface area contributed by atoms with Crippen molar-refractivity contribution in [2.75, 3.05) is 0 Å². The maximum atomic E-state index is 10.2. The summed E-state index contributed by atoms with van der Waals surface area (Å²) in [6.07, 6.45) is 0.918. The van der Waals surface area contributed by atoms with Crippen molar-refractivity contribution in [3.8, 4) is 0 Å². The van der Waals surface area contributed by atoms with Crippen LogP contribution in [0.4, 0.5) is 0 Å². The molecule has 2 rings (SSSR count). The first kappa shape index (κ1) is 14.3. The smallest absolute Gasteiger partial charge is 0.0793 e.